The van der Waals surface area contributed by atoms with Crippen LogP contribution in [0, 0.1) is 0 Å². The van der Waals surface area contributed by atoms with Gasteiger partial charge in [-0.3, -0.25) is 0 Å². The monoisotopic (exact) mass is 274 g/mol. The molecule has 106 valence electrons. The van der Waals surface area contributed by atoms with Gasteiger partial charge in [-0.05, 0) is 18.1 Å². The van der Waals surface area contributed by atoms with Gasteiger partial charge < -0.3 is 15.2 Å². The second kappa shape index (κ2) is 6.02. The maximum absolute atomic E-state index is 8.69. The molecule has 1 unspecified atom stereocenters. The predicted octanol–water partition coefficient (Wildman–Crippen LogP) is 1.19. The lowest BCUT2D eigenvalue weighted by atomic mass is 9.98. The van der Waals surface area contributed by atoms with Crippen LogP contribution >= 0.6 is 0 Å². The smallest absolute Gasteiger partial charge is 0.108 e. The number of aliphatic hydroxyl groups is 1. The van der Waals surface area contributed by atoms with Gasteiger partial charge in [-0.2, -0.15) is 0 Å². The highest BCUT2D eigenvalue weighted by molar-refractivity contribution is 5.54. The van der Waals surface area contributed by atoms with E-state index in [9.17, 15) is 0 Å². The van der Waals surface area contributed by atoms with Crippen LogP contribution in [0.25, 0.3) is 0 Å². The summed E-state index contributed by atoms with van der Waals surface area (Å²) in [5.41, 5.74) is 3.19. The van der Waals surface area contributed by atoms with Crippen LogP contribution in [0.3, 0.4) is 0 Å². The molecule has 1 aliphatic rings. The van der Waals surface area contributed by atoms with Crippen molar-refractivity contribution in [2.75, 3.05) is 25.1 Å². The van der Waals surface area contributed by atoms with E-state index in [1.165, 1.54) is 5.56 Å². The van der Waals surface area contributed by atoms with E-state index in [1.54, 1.807) is 0 Å². The summed E-state index contributed by atoms with van der Waals surface area (Å²) in [5.74, 6) is 0. The Balaban J connectivity index is 1.77. The summed E-state index contributed by atoms with van der Waals surface area (Å²) in [6.45, 7) is 1.66. The first kappa shape index (κ1) is 13.1. The quantitative estimate of drug-likeness (QED) is 0.801. The highest BCUT2D eigenvalue weighted by atomic mass is 16.5. The van der Waals surface area contributed by atoms with Crippen LogP contribution in [0.5, 0.6) is 0 Å². The number of aromatic nitrogens is 3. The summed E-state index contributed by atoms with van der Waals surface area (Å²) in [7, 11) is 0. The Bertz CT molecular complexity index is 570. The molecule has 2 N–H and O–H groups in total. The standard InChI is InChI=1S/C14H18N4O2/c19-7-8-20-10-11-9-18(17-16-11)14-5-6-15-13-4-2-1-3-12(13)14/h1-4,9,14-15,19H,5-8,10H2. The Labute approximate surface area is 117 Å². The van der Waals surface area contributed by atoms with E-state index < -0.39 is 0 Å². The van der Waals surface area contributed by atoms with Crippen LogP contribution in [0.2, 0.25) is 0 Å². The molecule has 2 aromatic rings. The van der Waals surface area contributed by atoms with Gasteiger partial charge in [0.15, 0.2) is 0 Å². The summed E-state index contributed by atoms with van der Waals surface area (Å²) in [6.07, 6.45) is 2.90. The van der Waals surface area contributed by atoms with Gasteiger partial charge in [-0.1, -0.05) is 23.4 Å². The minimum atomic E-state index is 0.0236. The zero-order chi connectivity index (χ0) is 13.8. The topological polar surface area (TPSA) is 72.2 Å². The van der Waals surface area contributed by atoms with E-state index >= 15 is 0 Å². The molecule has 0 saturated heterocycles. The number of hydrogen-bond donors (Lipinski definition) is 2. The molecule has 0 spiro atoms. The predicted molar refractivity (Wildman–Crippen MR) is 74.5 cm³/mol. The Kier molecular flexibility index (Phi) is 3.94. The maximum Gasteiger partial charge on any atom is 0.108 e. The Hall–Kier alpha value is -1.92. The van der Waals surface area contributed by atoms with E-state index in [2.05, 4.69) is 27.8 Å². The van der Waals surface area contributed by atoms with Crippen LogP contribution in [0.4, 0.5) is 5.69 Å². The summed E-state index contributed by atoms with van der Waals surface area (Å²) in [5, 5.41) is 20.4. The van der Waals surface area contributed by atoms with E-state index in [1.807, 2.05) is 23.0 Å². The zero-order valence-corrected chi connectivity index (χ0v) is 11.2. The number of fused-ring (bicyclic) bond motifs is 1. The Morgan fingerprint density at radius 2 is 2.30 bits per heavy atom. The van der Waals surface area contributed by atoms with Crippen LogP contribution in [-0.2, 0) is 11.3 Å². The summed E-state index contributed by atoms with van der Waals surface area (Å²) >= 11 is 0. The second-order valence-corrected chi connectivity index (χ2v) is 4.78. The van der Waals surface area contributed by atoms with Crippen molar-refractivity contribution in [1.82, 2.24) is 15.0 Å². The van der Waals surface area contributed by atoms with Gasteiger partial charge in [0.25, 0.3) is 0 Å². The van der Waals surface area contributed by atoms with Gasteiger partial charge in [-0.25, -0.2) is 4.68 Å². The number of aliphatic hydroxyl groups excluding tert-OH is 1. The van der Waals surface area contributed by atoms with Crippen molar-refractivity contribution < 1.29 is 9.84 Å². The third kappa shape index (κ3) is 2.66. The average molecular weight is 274 g/mol. The molecule has 0 radical (unpaired) electrons. The van der Waals surface area contributed by atoms with Gasteiger partial charge in [0.1, 0.15) is 5.69 Å². The SMILES string of the molecule is OCCOCc1cn(C2CCNc3ccccc32)nn1. The molecule has 0 saturated carbocycles. The molecular formula is C14H18N4O2. The number of nitrogens with one attached hydrogen (secondary N) is 1. The van der Waals surface area contributed by atoms with Gasteiger partial charge in [0.2, 0.25) is 0 Å². The Morgan fingerprint density at radius 1 is 1.40 bits per heavy atom. The first-order chi connectivity index (χ1) is 9.88. The molecular weight excluding hydrogens is 256 g/mol. The molecule has 20 heavy (non-hydrogen) atoms. The molecule has 0 fully saturated rings. The molecule has 3 rings (SSSR count). The lowest BCUT2D eigenvalue weighted by Gasteiger charge is -2.26. The lowest BCUT2D eigenvalue weighted by molar-refractivity contribution is 0.0796. The second-order valence-electron chi connectivity index (χ2n) is 4.78. The van der Waals surface area contributed by atoms with Gasteiger partial charge in [0, 0.05) is 12.2 Å². The maximum atomic E-state index is 8.69. The van der Waals surface area contributed by atoms with Crippen LogP contribution in [-0.4, -0.2) is 39.9 Å². The molecule has 1 aromatic carbocycles. The number of anilines is 1. The van der Waals surface area contributed by atoms with Crippen molar-refractivity contribution in [3.05, 3.63) is 41.7 Å². The van der Waals surface area contributed by atoms with Crippen LogP contribution in [0.15, 0.2) is 30.5 Å². The zero-order valence-electron chi connectivity index (χ0n) is 11.2. The molecule has 0 bridgehead atoms. The number of rotatable bonds is 5. The van der Waals surface area contributed by atoms with Crippen molar-refractivity contribution in [3.8, 4) is 0 Å². The van der Waals surface area contributed by atoms with E-state index in [-0.39, 0.29) is 12.6 Å². The van der Waals surface area contributed by atoms with Crippen LogP contribution < -0.4 is 5.32 Å². The summed E-state index contributed by atoms with van der Waals surface area (Å²) in [4.78, 5) is 0. The fourth-order valence-electron chi connectivity index (χ4n) is 2.50. The number of ether oxygens (including phenoxy) is 1. The number of para-hydroxylation sites is 1. The van der Waals surface area contributed by atoms with Crippen molar-refractivity contribution in [2.45, 2.75) is 19.1 Å². The molecule has 0 aliphatic carbocycles. The van der Waals surface area contributed by atoms with E-state index in [0.29, 0.717) is 13.2 Å². The first-order valence-electron chi connectivity index (χ1n) is 6.80. The van der Waals surface area contributed by atoms with E-state index in [0.717, 1.165) is 24.3 Å². The molecule has 1 aromatic heterocycles. The largest absolute Gasteiger partial charge is 0.394 e. The number of benzene rings is 1. The fraction of sp³-hybridized carbons (Fsp3) is 0.429. The first-order valence-corrected chi connectivity index (χ1v) is 6.80. The van der Waals surface area contributed by atoms with Gasteiger partial charge in [-0.15, -0.1) is 5.10 Å². The summed E-state index contributed by atoms with van der Waals surface area (Å²) < 4.78 is 7.16. The molecule has 0 amide bonds. The molecule has 1 aliphatic heterocycles. The molecule has 6 heteroatoms. The highest BCUT2D eigenvalue weighted by Crippen LogP contribution is 2.31. The third-order valence-corrected chi connectivity index (χ3v) is 3.42. The van der Waals surface area contributed by atoms with Gasteiger partial charge >= 0.3 is 0 Å². The third-order valence-electron chi connectivity index (χ3n) is 3.42. The van der Waals surface area contributed by atoms with Crippen molar-refractivity contribution >= 4 is 5.69 Å². The highest BCUT2D eigenvalue weighted by Gasteiger charge is 2.22. The Morgan fingerprint density at radius 3 is 3.20 bits per heavy atom. The fourth-order valence-corrected chi connectivity index (χ4v) is 2.50. The lowest BCUT2D eigenvalue weighted by Crippen LogP contribution is -2.22. The molecule has 1 atom stereocenters. The van der Waals surface area contributed by atoms with Crippen molar-refractivity contribution in [3.63, 3.8) is 0 Å². The number of hydrogen-bond acceptors (Lipinski definition) is 5. The van der Waals surface area contributed by atoms with Crippen LogP contribution in [0.1, 0.15) is 23.7 Å². The minimum Gasteiger partial charge on any atom is -0.394 e. The van der Waals surface area contributed by atoms with Crippen molar-refractivity contribution in [1.29, 1.82) is 0 Å². The molecule has 2 heterocycles. The summed E-state index contributed by atoms with van der Waals surface area (Å²) in [6, 6.07) is 8.50. The van der Waals surface area contributed by atoms with E-state index in [4.69, 9.17) is 9.84 Å². The molecule has 6 nitrogen and oxygen atoms in total. The van der Waals surface area contributed by atoms with Crippen molar-refractivity contribution in [2.24, 2.45) is 0 Å². The number of nitrogens with zero attached hydrogens (tertiary/aromatic N) is 3. The normalized spacial score (nSPS) is 17.6. The average Bonchev–Trinajstić information content (AvgIpc) is 2.96. The minimum absolute atomic E-state index is 0.0236. The van der Waals surface area contributed by atoms with Gasteiger partial charge in [0.05, 0.1) is 32.1 Å².